The number of ketones is 1. The Labute approximate surface area is 103 Å². The molecule has 2 rings (SSSR count). The average molecular weight is 243 g/mol. The Morgan fingerprint density at radius 2 is 1.67 bits per heavy atom. The molecule has 0 saturated heterocycles. The van der Waals surface area contributed by atoms with Gasteiger partial charge in [0.1, 0.15) is 11.6 Å². The molecule has 18 heavy (non-hydrogen) atoms. The summed E-state index contributed by atoms with van der Waals surface area (Å²) >= 11 is 0. The molecule has 0 amide bonds. The number of aromatic nitrogens is 1. The summed E-state index contributed by atoms with van der Waals surface area (Å²) < 4.78 is 12.7. The predicted octanol–water partition coefficient (Wildman–Crippen LogP) is 3.00. The van der Waals surface area contributed by atoms with E-state index >= 15 is 0 Å². The van der Waals surface area contributed by atoms with Crippen molar-refractivity contribution in [2.75, 3.05) is 0 Å². The van der Waals surface area contributed by atoms with E-state index in [4.69, 9.17) is 0 Å². The van der Waals surface area contributed by atoms with Crippen LogP contribution in [0.5, 0.6) is 0 Å². The Morgan fingerprint density at radius 1 is 1.06 bits per heavy atom. The van der Waals surface area contributed by atoms with E-state index < -0.39 is 5.82 Å². The highest BCUT2D eigenvalue weighted by Crippen LogP contribution is 2.13. The zero-order valence-electron chi connectivity index (χ0n) is 9.38. The highest BCUT2D eigenvalue weighted by Gasteiger charge is 2.05. The molecule has 0 aliphatic rings. The van der Waals surface area contributed by atoms with Crippen molar-refractivity contribution in [3.63, 3.8) is 0 Å². The lowest BCUT2D eigenvalue weighted by molar-refractivity contribution is 0.104. The van der Waals surface area contributed by atoms with Crippen molar-refractivity contribution < 1.29 is 14.3 Å². The summed E-state index contributed by atoms with van der Waals surface area (Å²) in [6.07, 6.45) is 4.09. The van der Waals surface area contributed by atoms with Gasteiger partial charge in [0.15, 0.2) is 5.78 Å². The van der Waals surface area contributed by atoms with Crippen LogP contribution in [0.15, 0.2) is 54.9 Å². The molecule has 0 radical (unpaired) electrons. The zero-order chi connectivity index (χ0) is 13.0. The molecular formula is C14H10FNO2. The van der Waals surface area contributed by atoms with Crippen LogP contribution in [-0.4, -0.2) is 15.9 Å². The number of rotatable bonds is 3. The Bertz CT molecular complexity index is 577. The van der Waals surface area contributed by atoms with Gasteiger partial charge in [-0.05, 0) is 36.4 Å². The molecule has 4 heteroatoms. The van der Waals surface area contributed by atoms with Crippen LogP contribution in [0.1, 0.15) is 15.9 Å². The van der Waals surface area contributed by atoms with Crippen LogP contribution >= 0.6 is 0 Å². The van der Waals surface area contributed by atoms with Crippen LogP contribution in [0, 0.1) is 5.82 Å². The van der Waals surface area contributed by atoms with Crippen LogP contribution in [0.4, 0.5) is 4.39 Å². The Morgan fingerprint density at radius 3 is 2.28 bits per heavy atom. The number of halogens is 1. The molecule has 2 aromatic rings. The lowest BCUT2D eigenvalue weighted by Crippen LogP contribution is -1.96. The molecule has 1 aromatic carbocycles. The van der Waals surface area contributed by atoms with E-state index in [0.29, 0.717) is 11.1 Å². The first kappa shape index (κ1) is 12.0. The summed E-state index contributed by atoms with van der Waals surface area (Å²) in [6, 6.07) is 8.35. The van der Waals surface area contributed by atoms with Crippen molar-refractivity contribution in [3.8, 4) is 0 Å². The highest BCUT2D eigenvalue weighted by atomic mass is 19.1. The molecule has 1 N–H and O–H groups in total. The quantitative estimate of drug-likeness (QED) is 0.512. The highest BCUT2D eigenvalue weighted by molar-refractivity contribution is 6.07. The number of hydrogen-bond donors (Lipinski definition) is 1. The van der Waals surface area contributed by atoms with Crippen molar-refractivity contribution in [2.45, 2.75) is 0 Å². The normalized spacial score (nSPS) is 11.3. The van der Waals surface area contributed by atoms with Crippen molar-refractivity contribution in [1.82, 2.24) is 4.98 Å². The molecule has 0 bridgehead atoms. The first-order valence-electron chi connectivity index (χ1n) is 5.28. The smallest absolute Gasteiger partial charge is 0.189 e. The van der Waals surface area contributed by atoms with Crippen LogP contribution < -0.4 is 0 Å². The van der Waals surface area contributed by atoms with Gasteiger partial charge in [-0.25, -0.2) is 4.39 Å². The summed E-state index contributed by atoms with van der Waals surface area (Å²) in [7, 11) is 0. The zero-order valence-corrected chi connectivity index (χ0v) is 9.38. The van der Waals surface area contributed by atoms with E-state index in [9.17, 15) is 14.3 Å². The molecule has 3 nitrogen and oxygen atoms in total. The van der Waals surface area contributed by atoms with Crippen molar-refractivity contribution >= 4 is 11.5 Å². The first-order chi connectivity index (χ1) is 8.66. The van der Waals surface area contributed by atoms with Crippen LogP contribution in [0.2, 0.25) is 0 Å². The third kappa shape index (κ3) is 2.79. The van der Waals surface area contributed by atoms with Crippen LogP contribution in [0.3, 0.4) is 0 Å². The number of aliphatic hydroxyl groups is 1. The molecule has 90 valence electrons. The van der Waals surface area contributed by atoms with Crippen molar-refractivity contribution in [3.05, 3.63) is 71.8 Å². The van der Waals surface area contributed by atoms with Gasteiger partial charge in [-0.1, -0.05) is 0 Å². The summed E-state index contributed by atoms with van der Waals surface area (Å²) in [4.78, 5) is 15.6. The maximum absolute atomic E-state index is 12.7. The van der Waals surface area contributed by atoms with E-state index in [0.717, 1.165) is 6.08 Å². The molecule has 0 fully saturated rings. The van der Waals surface area contributed by atoms with Gasteiger partial charge in [0.2, 0.25) is 0 Å². The predicted molar refractivity (Wildman–Crippen MR) is 65.6 cm³/mol. The van der Waals surface area contributed by atoms with E-state index in [1.807, 2.05) is 0 Å². The molecule has 0 aliphatic carbocycles. The van der Waals surface area contributed by atoms with Gasteiger partial charge >= 0.3 is 0 Å². The number of hydrogen-bond acceptors (Lipinski definition) is 3. The van der Waals surface area contributed by atoms with Gasteiger partial charge < -0.3 is 5.11 Å². The summed E-state index contributed by atoms with van der Waals surface area (Å²) in [6.45, 7) is 0. The summed E-state index contributed by atoms with van der Waals surface area (Å²) in [5, 5.41) is 9.75. The van der Waals surface area contributed by atoms with Gasteiger partial charge in [-0.15, -0.1) is 0 Å². The Hall–Kier alpha value is -2.49. The number of carbonyl (C=O) groups excluding carboxylic acids is 1. The fourth-order valence-corrected chi connectivity index (χ4v) is 1.43. The Kier molecular flexibility index (Phi) is 3.48. The molecule has 0 atom stereocenters. The Balaban J connectivity index is 2.23. The number of allylic oxidation sites excluding steroid dienone is 1. The minimum absolute atomic E-state index is 0.197. The minimum Gasteiger partial charge on any atom is -0.507 e. The van der Waals surface area contributed by atoms with E-state index in [-0.39, 0.29) is 11.5 Å². The second-order valence-corrected chi connectivity index (χ2v) is 3.64. The van der Waals surface area contributed by atoms with Crippen LogP contribution in [0.25, 0.3) is 5.76 Å². The number of benzene rings is 1. The van der Waals surface area contributed by atoms with Gasteiger partial charge in [-0.2, -0.15) is 0 Å². The first-order valence-corrected chi connectivity index (χ1v) is 5.28. The maximum atomic E-state index is 12.7. The lowest BCUT2D eigenvalue weighted by Gasteiger charge is -2.00. The topological polar surface area (TPSA) is 50.2 Å². The standard InChI is InChI=1S/C14H10FNO2/c15-12-3-1-10(2-4-12)13(17)9-14(18)11-5-7-16-8-6-11/h1-9,17H. The van der Waals surface area contributed by atoms with Gasteiger partial charge in [0.05, 0.1) is 0 Å². The average Bonchev–Trinajstić information content (AvgIpc) is 2.40. The monoisotopic (exact) mass is 243 g/mol. The fourth-order valence-electron chi connectivity index (χ4n) is 1.43. The number of nitrogens with zero attached hydrogens (tertiary/aromatic N) is 1. The van der Waals surface area contributed by atoms with E-state index in [2.05, 4.69) is 4.98 Å². The summed E-state index contributed by atoms with van der Waals surface area (Å²) in [5.41, 5.74) is 0.817. The molecule has 0 aliphatic heterocycles. The molecule has 0 saturated carbocycles. The molecule has 1 heterocycles. The molecule has 0 unspecified atom stereocenters. The third-order valence-electron chi connectivity index (χ3n) is 2.37. The van der Waals surface area contributed by atoms with Crippen LogP contribution in [-0.2, 0) is 0 Å². The molecular weight excluding hydrogens is 233 g/mol. The fraction of sp³-hybridized carbons (Fsp3) is 0. The minimum atomic E-state index is -0.396. The second-order valence-electron chi connectivity index (χ2n) is 3.64. The number of carbonyl (C=O) groups is 1. The number of aliphatic hydroxyl groups excluding tert-OH is 1. The summed E-state index contributed by atoms with van der Waals surface area (Å²) in [5.74, 6) is -0.928. The third-order valence-corrected chi connectivity index (χ3v) is 2.37. The second kappa shape index (κ2) is 5.23. The van der Waals surface area contributed by atoms with E-state index in [1.54, 1.807) is 12.1 Å². The molecule has 0 spiro atoms. The largest absolute Gasteiger partial charge is 0.507 e. The molecule has 1 aromatic heterocycles. The van der Waals surface area contributed by atoms with Gasteiger partial charge in [0, 0.05) is 29.6 Å². The van der Waals surface area contributed by atoms with Gasteiger partial charge in [0.25, 0.3) is 0 Å². The van der Waals surface area contributed by atoms with E-state index in [1.165, 1.54) is 36.7 Å². The lowest BCUT2D eigenvalue weighted by atomic mass is 10.1. The van der Waals surface area contributed by atoms with Crippen molar-refractivity contribution in [2.24, 2.45) is 0 Å². The maximum Gasteiger partial charge on any atom is 0.189 e. The number of pyridine rings is 1. The van der Waals surface area contributed by atoms with Crippen molar-refractivity contribution in [1.29, 1.82) is 0 Å². The van der Waals surface area contributed by atoms with Gasteiger partial charge in [-0.3, -0.25) is 9.78 Å². The SMILES string of the molecule is O=C(C=C(O)c1ccc(F)cc1)c1ccncc1.